The number of ether oxygens (including phenoxy) is 1. The number of hydrogen-bond acceptors (Lipinski definition) is 3. The molecule has 2 aliphatic rings. The van der Waals surface area contributed by atoms with Crippen molar-refractivity contribution in [1.29, 1.82) is 0 Å². The summed E-state index contributed by atoms with van der Waals surface area (Å²) < 4.78 is 6.09. The summed E-state index contributed by atoms with van der Waals surface area (Å²) in [7, 11) is 0. The van der Waals surface area contributed by atoms with Crippen LogP contribution in [0, 0.1) is 11.8 Å². The largest absolute Gasteiger partial charge is 0.371 e. The number of carbonyl (C=O) groups excluding carboxylic acids is 2. The zero-order valence-electron chi connectivity index (χ0n) is 13.0. The summed E-state index contributed by atoms with van der Waals surface area (Å²) in [6, 6.07) is 10.0. The van der Waals surface area contributed by atoms with Gasteiger partial charge in [-0.25, -0.2) is 0 Å². The molecule has 4 atom stereocenters. The van der Waals surface area contributed by atoms with Crippen LogP contribution < -0.4 is 5.32 Å². The number of amides is 1. The summed E-state index contributed by atoms with van der Waals surface area (Å²) in [5.41, 5.74) is 1.13. The van der Waals surface area contributed by atoms with Crippen LogP contribution in [0.25, 0.3) is 0 Å². The molecule has 1 N–H and O–H groups in total. The van der Waals surface area contributed by atoms with Gasteiger partial charge in [-0.05, 0) is 37.7 Å². The Labute approximate surface area is 131 Å². The minimum atomic E-state index is -0.0207. The number of ketones is 1. The summed E-state index contributed by atoms with van der Waals surface area (Å²) in [4.78, 5) is 23.6. The van der Waals surface area contributed by atoms with Crippen molar-refractivity contribution in [2.75, 3.05) is 0 Å². The second-order valence-corrected chi connectivity index (χ2v) is 6.43. The maximum absolute atomic E-state index is 11.9. The molecule has 118 valence electrons. The lowest BCUT2D eigenvalue weighted by atomic mass is 9.69. The summed E-state index contributed by atoms with van der Waals surface area (Å²) in [5.74, 6) is 0.623. The molecule has 4 nitrogen and oxygen atoms in total. The van der Waals surface area contributed by atoms with Crippen molar-refractivity contribution in [1.82, 2.24) is 5.32 Å². The molecule has 1 aliphatic carbocycles. The Morgan fingerprint density at radius 1 is 1.23 bits per heavy atom. The first-order chi connectivity index (χ1) is 10.6. The number of Topliss-reactive ketones (excluding diaryl/α,β-unsaturated/α-hetero) is 1. The minimum Gasteiger partial charge on any atom is -0.371 e. The fraction of sp³-hybridized carbons (Fsp3) is 0.556. The molecule has 1 saturated carbocycles. The Morgan fingerprint density at radius 2 is 2.00 bits per heavy atom. The molecule has 1 saturated heterocycles. The number of benzene rings is 1. The smallest absolute Gasteiger partial charge is 0.220 e. The normalized spacial score (nSPS) is 31.2. The zero-order chi connectivity index (χ0) is 15.5. The molecule has 3 rings (SSSR count). The Hall–Kier alpha value is -1.68. The van der Waals surface area contributed by atoms with Crippen LogP contribution in [0.15, 0.2) is 30.3 Å². The van der Waals surface area contributed by atoms with Crippen LogP contribution in [0.4, 0.5) is 0 Å². The van der Waals surface area contributed by atoms with E-state index < -0.39 is 0 Å². The van der Waals surface area contributed by atoms with Crippen LogP contribution in [0.1, 0.15) is 38.2 Å². The highest BCUT2D eigenvalue weighted by atomic mass is 16.5. The molecule has 2 fully saturated rings. The van der Waals surface area contributed by atoms with E-state index in [1.165, 1.54) is 0 Å². The predicted molar refractivity (Wildman–Crippen MR) is 83.1 cm³/mol. The monoisotopic (exact) mass is 301 g/mol. The molecule has 4 heteroatoms. The van der Waals surface area contributed by atoms with E-state index >= 15 is 0 Å². The average molecular weight is 301 g/mol. The number of carbonyl (C=O) groups is 2. The van der Waals surface area contributed by atoms with Crippen molar-refractivity contribution in [3.05, 3.63) is 35.9 Å². The standard InChI is InChI=1S/C18H23NO3/c1-12(20)14-7-9-16(18-15(14)8-10-17(21)19-18)22-11-13-5-3-2-4-6-13/h2-6,14-16,18H,7-11H2,1H3,(H,19,21). The molecule has 0 bridgehead atoms. The lowest BCUT2D eigenvalue weighted by Gasteiger charge is -2.44. The van der Waals surface area contributed by atoms with Crippen molar-refractivity contribution >= 4 is 11.7 Å². The van der Waals surface area contributed by atoms with Gasteiger partial charge in [0.1, 0.15) is 5.78 Å². The van der Waals surface area contributed by atoms with E-state index in [0.717, 1.165) is 24.8 Å². The minimum absolute atomic E-state index is 0.00468. The van der Waals surface area contributed by atoms with Crippen LogP contribution in [0.2, 0.25) is 0 Å². The molecular formula is C18H23NO3. The van der Waals surface area contributed by atoms with Gasteiger partial charge in [0, 0.05) is 12.3 Å². The highest BCUT2D eigenvalue weighted by Gasteiger charge is 2.44. The molecule has 1 aromatic carbocycles. The molecule has 0 aromatic heterocycles. The topological polar surface area (TPSA) is 55.4 Å². The number of hydrogen-bond donors (Lipinski definition) is 1. The van der Waals surface area contributed by atoms with Gasteiger partial charge in [-0.3, -0.25) is 9.59 Å². The van der Waals surface area contributed by atoms with Gasteiger partial charge >= 0.3 is 0 Å². The maximum Gasteiger partial charge on any atom is 0.220 e. The van der Waals surface area contributed by atoms with Crippen molar-refractivity contribution in [2.45, 2.75) is 51.4 Å². The van der Waals surface area contributed by atoms with Crippen LogP contribution in [0.3, 0.4) is 0 Å². The molecule has 4 unspecified atom stereocenters. The molecular weight excluding hydrogens is 278 g/mol. The lowest BCUT2D eigenvalue weighted by molar-refractivity contribution is -0.137. The van der Waals surface area contributed by atoms with Crippen molar-refractivity contribution in [3.63, 3.8) is 0 Å². The molecule has 22 heavy (non-hydrogen) atoms. The third-order valence-electron chi connectivity index (χ3n) is 5.00. The zero-order valence-corrected chi connectivity index (χ0v) is 13.0. The number of nitrogens with one attached hydrogen (secondary N) is 1. The Morgan fingerprint density at radius 3 is 2.73 bits per heavy atom. The maximum atomic E-state index is 11.9. The van der Waals surface area contributed by atoms with Crippen molar-refractivity contribution < 1.29 is 14.3 Å². The SMILES string of the molecule is CC(=O)C1CCC(OCc2ccccc2)C2NC(=O)CCC12. The molecule has 1 aromatic rings. The van der Waals surface area contributed by atoms with Gasteiger partial charge in [0.25, 0.3) is 0 Å². The summed E-state index contributed by atoms with van der Waals surface area (Å²) in [6.07, 6.45) is 3.03. The molecule has 1 heterocycles. The van der Waals surface area contributed by atoms with Gasteiger partial charge in [-0.1, -0.05) is 30.3 Å². The highest BCUT2D eigenvalue weighted by Crippen LogP contribution is 2.38. The van der Waals surface area contributed by atoms with Gasteiger partial charge < -0.3 is 10.1 Å². The van der Waals surface area contributed by atoms with Crippen LogP contribution >= 0.6 is 0 Å². The van der Waals surface area contributed by atoms with Gasteiger partial charge in [-0.15, -0.1) is 0 Å². The van der Waals surface area contributed by atoms with E-state index in [2.05, 4.69) is 5.32 Å². The third-order valence-corrected chi connectivity index (χ3v) is 5.00. The highest BCUT2D eigenvalue weighted by molar-refractivity contribution is 5.81. The second kappa shape index (κ2) is 6.61. The van der Waals surface area contributed by atoms with Crippen LogP contribution in [-0.4, -0.2) is 23.8 Å². The first-order valence-electron chi connectivity index (χ1n) is 8.10. The van der Waals surface area contributed by atoms with Crippen LogP contribution in [0.5, 0.6) is 0 Å². The van der Waals surface area contributed by atoms with E-state index in [-0.39, 0.29) is 35.7 Å². The average Bonchev–Trinajstić information content (AvgIpc) is 2.53. The summed E-state index contributed by atoms with van der Waals surface area (Å²) in [6.45, 7) is 2.22. The fourth-order valence-electron chi connectivity index (χ4n) is 3.87. The van der Waals surface area contributed by atoms with E-state index in [9.17, 15) is 9.59 Å². The van der Waals surface area contributed by atoms with Crippen molar-refractivity contribution in [2.24, 2.45) is 11.8 Å². The van der Waals surface area contributed by atoms with E-state index in [1.807, 2.05) is 30.3 Å². The molecule has 0 radical (unpaired) electrons. The number of rotatable bonds is 4. The van der Waals surface area contributed by atoms with Gasteiger partial charge in [0.05, 0.1) is 18.8 Å². The quantitative estimate of drug-likeness (QED) is 0.929. The first kappa shape index (κ1) is 15.2. The number of piperidine rings is 1. The van der Waals surface area contributed by atoms with Gasteiger partial charge in [0.2, 0.25) is 5.91 Å². The molecule has 1 aliphatic heterocycles. The fourth-order valence-corrected chi connectivity index (χ4v) is 3.87. The van der Waals surface area contributed by atoms with E-state index in [0.29, 0.717) is 13.0 Å². The van der Waals surface area contributed by atoms with Gasteiger partial charge in [-0.2, -0.15) is 0 Å². The van der Waals surface area contributed by atoms with Gasteiger partial charge in [0.15, 0.2) is 0 Å². The second-order valence-electron chi connectivity index (χ2n) is 6.43. The van der Waals surface area contributed by atoms with Crippen LogP contribution in [-0.2, 0) is 20.9 Å². The summed E-state index contributed by atoms with van der Waals surface area (Å²) >= 11 is 0. The predicted octanol–water partition coefficient (Wildman–Crippen LogP) is 2.47. The van der Waals surface area contributed by atoms with E-state index in [1.54, 1.807) is 6.92 Å². The number of fused-ring (bicyclic) bond motifs is 1. The van der Waals surface area contributed by atoms with E-state index in [4.69, 9.17) is 4.74 Å². The third kappa shape index (κ3) is 3.22. The Bertz CT molecular complexity index is 543. The lowest BCUT2D eigenvalue weighted by Crippen LogP contribution is -2.57. The Balaban J connectivity index is 1.69. The summed E-state index contributed by atoms with van der Waals surface area (Å²) in [5, 5.41) is 3.07. The molecule has 1 amide bonds. The first-order valence-corrected chi connectivity index (χ1v) is 8.10. The molecule has 0 spiro atoms. The Kier molecular flexibility index (Phi) is 4.57. The van der Waals surface area contributed by atoms with Crippen molar-refractivity contribution in [3.8, 4) is 0 Å².